The van der Waals surface area contributed by atoms with Crippen LogP contribution in [0.2, 0.25) is 0 Å². The van der Waals surface area contributed by atoms with E-state index in [-0.39, 0.29) is 15.2 Å². The summed E-state index contributed by atoms with van der Waals surface area (Å²) in [5, 5.41) is 0. The largest absolute Gasteiger partial charge is 0.464 e. The molecule has 0 aliphatic heterocycles. The highest BCUT2D eigenvalue weighted by molar-refractivity contribution is 9.10. The maximum atomic E-state index is 11.0. The minimum absolute atomic E-state index is 0.0126. The van der Waals surface area contributed by atoms with Crippen LogP contribution < -0.4 is 0 Å². The molecule has 1 aromatic rings. The molecule has 1 rings (SSSR count). The van der Waals surface area contributed by atoms with E-state index in [0.717, 1.165) is 6.07 Å². The molecule has 0 radical (unpaired) electrons. The Morgan fingerprint density at radius 1 is 1.64 bits per heavy atom. The number of ether oxygens (including phenoxy) is 1. The Balaban J connectivity index is 3.25. The first-order valence-electron chi connectivity index (χ1n) is 3.27. The van der Waals surface area contributed by atoms with Crippen LogP contribution in [0.4, 0.5) is 0 Å². The van der Waals surface area contributed by atoms with E-state index in [1.54, 1.807) is 0 Å². The Labute approximate surface area is 92.9 Å². The van der Waals surface area contributed by atoms with Crippen LogP contribution >= 0.6 is 26.6 Å². The quantitative estimate of drug-likeness (QED) is 0.663. The van der Waals surface area contributed by atoms with Gasteiger partial charge in [0.05, 0.1) is 7.11 Å². The lowest BCUT2D eigenvalue weighted by atomic mass is 10.4. The van der Waals surface area contributed by atoms with Crippen molar-refractivity contribution in [1.82, 2.24) is 4.98 Å². The number of esters is 1. The van der Waals surface area contributed by atoms with Gasteiger partial charge >= 0.3 is 5.97 Å². The highest BCUT2D eigenvalue weighted by atomic mass is 79.9. The van der Waals surface area contributed by atoms with Crippen molar-refractivity contribution in [3.8, 4) is 0 Å². The molecule has 8 heteroatoms. The third kappa shape index (κ3) is 2.28. The van der Waals surface area contributed by atoms with Crippen LogP contribution in [0.25, 0.3) is 0 Å². The molecule has 0 atom stereocenters. The molecule has 0 saturated carbocycles. The number of aromatic amines is 1. The molecule has 1 N–H and O–H groups in total. The van der Waals surface area contributed by atoms with Gasteiger partial charge in [0.15, 0.2) is 0 Å². The molecule has 5 nitrogen and oxygen atoms in total. The average Bonchev–Trinajstić information content (AvgIpc) is 2.45. The molecular formula is C6H5BrClNO4S. The first kappa shape index (κ1) is 11.5. The van der Waals surface area contributed by atoms with E-state index in [0.29, 0.717) is 0 Å². The van der Waals surface area contributed by atoms with E-state index in [4.69, 9.17) is 10.7 Å². The summed E-state index contributed by atoms with van der Waals surface area (Å²) in [4.78, 5) is 13.3. The minimum atomic E-state index is -3.87. The van der Waals surface area contributed by atoms with E-state index in [1.165, 1.54) is 7.11 Å². The minimum Gasteiger partial charge on any atom is -0.464 e. The molecule has 0 fully saturated rings. The van der Waals surface area contributed by atoms with Gasteiger partial charge in [0, 0.05) is 10.7 Å². The van der Waals surface area contributed by atoms with Gasteiger partial charge in [0.1, 0.15) is 15.2 Å². The van der Waals surface area contributed by atoms with Crippen LogP contribution in [-0.4, -0.2) is 26.5 Å². The van der Waals surface area contributed by atoms with Crippen molar-refractivity contribution >= 4 is 41.6 Å². The van der Waals surface area contributed by atoms with Crippen molar-refractivity contribution in [3.05, 3.63) is 16.4 Å². The Bertz CT molecular complexity index is 466. The first-order valence-corrected chi connectivity index (χ1v) is 6.38. The number of rotatable bonds is 2. The lowest BCUT2D eigenvalue weighted by Gasteiger charge is -1.91. The Morgan fingerprint density at radius 3 is 2.57 bits per heavy atom. The van der Waals surface area contributed by atoms with Gasteiger partial charge in [-0.2, -0.15) is 0 Å². The van der Waals surface area contributed by atoms with Gasteiger partial charge in [-0.15, -0.1) is 0 Å². The van der Waals surface area contributed by atoms with Crippen molar-refractivity contribution in [2.24, 2.45) is 0 Å². The van der Waals surface area contributed by atoms with E-state index in [1.807, 2.05) is 0 Å². The number of methoxy groups -OCH3 is 1. The van der Waals surface area contributed by atoms with Crippen LogP contribution in [0.5, 0.6) is 0 Å². The standard InChI is InChI=1S/C6H5BrClNO4S/c1-13-6(10)3-2-4(5(7)9-3)14(8,11)12/h2,9H,1H3. The highest BCUT2D eigenvalue weighted by Crippen LogP contribution is 2.25. The van der Waals surface area contributed by atoms with Gasteiger partial charge in [-0.25, -0.2) is 13.2 Å². The maximum absolute atomic E-state index is 11.0. The summed E-state index contributed by atoms with van der Waals surface area (Å²) in [6.07, 6.45) is 0. The summed E-state index contributed by atoms with van der Waals surface area (Å²) < 4.78 is 26.4. The zero-order chi connectivity index (χ0) is 10.9. The number of carbonyl (C=O) groups is 1. The SMILES string of the molecule is COC(=O)c1cc(S(=O)(=O)Cl)c(Br)[nH]1. The second kappa shape index (κ2) is 3.92. The Morgan fingerprint density at radius 2 is 2.21 bits per heavy atom. The van der Waals surface area contributed by atoms with Crippen LogP contribution in [0.15, 0.2) is 15.6 Å². The lowest BCUT2D eigenvalue weighted by Crippen LogP contribution is -2.00. The van der Waals surface area contributed by atoms with E-state index >= 15 is 0 Å². The normalized spacial score (nSPS) is 11.4. The van der Waals surface area contributed by atoms with E-state index in [9.17, 15) is 13.2 Å². The number of H-pyrrole nitrogens is 1. The number of halogens is 2. The van der Waals surface area contributed by atoms with Crippen LogP contribution in [0.3, 0.4) is 0 Å². The third-order valence-electron chi connectivity index (χ3n) is 1.40. The zero-order valence-electron chi connectivity index (χ0n) is 6.87. The second-order valence-electron chi connectivity index (χ2n) is 2.29. The fourth-order valence-corrected chi connectivity index (χ4v) is 2.94. The first-order chi connectivity index (χ1) is 6.36. The van der Waals surface area contributed by atoms with Crippen molar-refractivity contribution in [2.45, 2.75) is 4.90 Å². The van der Waals surface area contributed by atoms with Crippen LogP contribution in [0.1, 0.15) is 10.5 Å². The molecule has 0 aliphatic carbocycles. The van der Waals surface area contributed by atoms with Gasteiger partial charge in [-0.05, 0) is 22.0 Å². The molecule has 0 spiro atoms. The van der Waals surface area contributed by atoms with Crippen molar-refractivity contribution in [2.75, 3.05) is 7.11 Å². The van der Waals surface area contributed by atoms with Gasteiger partial charge in [-0.1, -0.05) is 0 Å². The molecule has 78 valence electrons. The van der Waals surface area contributed by atoms with Gasteiger partial charge in [0.25, 0.3) is 9.05 Å². The molecule has 14 heavy (non-hydrogen) atoms. The number of hydrogen-bond donors (Lipinski definition) is 1. The van der Waals surface area contributed by atoms with Crippen molar-refractivity contribution < 1.29 is 17.9 Å². The fourth-order valence-electron chi connectivity index (χ4n) is 0.808. The number of nitrogens with one attached hydrogen (secondary N) is 1. The molecule has 0 unspecified atom stereocenters. The smallest absolute Gasteiger partial charge is 0.354 e. The molecule has 0 amide bonds. The third-order valence-corrected chi connectivity index (χ3v) is 3.64. The maximum Gasteiger partial charge on any atom is 0.354 e. The van der Waals surface area contributed by atoms with E-state index < -0.39 is 15.0 Å². The van der Waals surface area contributed by atoms with Crippen molar-refractivity contribution in [3.63, 3.8) is 0 Å². The summed E-state index contributed by atoms with van der Waals surface area (Å²) in [6.45, 7) is 0. The van der Waals surface area contributed by atoms with Crippen molar-refractivity contribution in [1.29, 1.82) is 0 Å². The predicted octanol–water partition coefficient (Wildman–Crippen LogP) is 1.49. The molecule has 0 aliphatic rings. The summed E-state index contributed by atoms with van der Waals surface area (Å²) >= 11 is 2.92. The van der Waals surface area contributed by atoms with Crippen LogP contribution in [-0.2, 0) is 13.8 Å². The Hall–Kier alpha value is -0.530. The summed E-state index contributed by atoms with van der Waals surface area (Å²) in [5.41, 5.74) is 0.0126. The van der Waals surface area contributed by atoms with E-state index in [2.05, 4.69) is 25.7 Å². The molecule has 0 saturated heterocycles. The monoisotopic (exact) mass is 301 g/mol. The number of hydrogen-bond acceptors (Lipinski definition) is 4. The van der Waals surface area contributed by atoms with Gasteiger partial charge in [-0.3, -0.25) is 0 Å². The summed E-state index contributed by atoms with van der Waals surface area (Å²) in [7, 11) is 2.41. The number of aromatic nitrogens is 1. The van der Waals surface area contributed by atoms with Gasteiger partial charge < -0.3 is 9.72 Å². The zero-order valence-corrected chi connectivity index (χ0v) is 10.0. The Kier molecular flexibility index (Phi) is 3.23. The molecular weight excluding hydrogens is 297 g/mol. The van der Waals surface area contributed by atoms with Gasteiger partial charge in [0.2, 0.25) is 0 Å². The highest BCUT2D eigenvalue weighted by Gasteiger charge is 2.20. The predicted molar refractivity (Wildman–Crippen MR) is 52.9 cm³/mol. The summed E-state index contributed by atoms with van der Waals surface area (Å²) in [5.74, 6) is -0.669. The average molecular weight is 303 g/mol. The second-order valence-corrected chi connectivity index (χ2v) is 5.62. The summed E-state index contributed by atoms with van der Waals surface area (Å²) in [6, 6.07) is 1.10. The fraction of sp³-hybridized carbons (Fsp3) is 0.167. The lowest BCUT2D eigenvalue weighted by molar-refractivity contribution is 0.0594. The van der Waals surface area contributed by atoms with Crippen LogP contribution in [0, 0.1) is 0 Å². The molecule has 1 heterocycles. The molecule has 0 bridgehead atoms. The topological polar surface area (TPSA) is 76.2 Å². The number of carbonyl (C=O) groups excluding carboxylic acids is 1. The molecule has 1 aromatic heterocycles. The molecule has 0 aromatic carbocycles.